The summed E-state index contributed by atoms with van der Waals surface area (Å²) in [4.78, 5) is 32.0. The molecule has 1 heterocycles. The van der Waals surface area contributed by atoms with E-state index in [1.165, 1.54) is 7.11 Å². The smallest absolute Gasteiger partial charge is 0.475 e. The average molecular weight is 515 g/mol. The lowest BCUT2D eigenvalue weighted by Gasteiger charge is -2.28. The van der Waals surface area contributed by atoms with Crippen molar-refractivity contribution in [2.45, 2.75) is 30.8 Å². The summed E-state index contributed by atoms with van der Waals surface area (Å²) in [5.74, 6) is -1.23. The first-order valence-electron chi connectivity index (χ1n) is 12.3. The fourth-order valence-corrected chi connectivity index (χ4v) is 4.31. The maximum atomic E-state index is 13.6. The second kappa shape index (κ2) is 12.4. The van der Waals surface area contributed by atoms with Gasteiger partial charge in [-0.2, -0.15) is 0 Å². The van der Waals surface area contributed by atoms with Crippen LogP contribution in [-0.4, -0.2) is 59.9 Å². The molecule has 196 valence electrons. The van der Waals surface area contributed by atoms with Crippen LogP contribution in [0.25, 0.3) is 0 Å². The van der Waals surface area contributed by atoms with Crippen molar-refractivity contribution in [3.05, 3.63) is 102 Å². The third-order valence-corrected chi connectivity index (χ3v) is 6.35. The molecule has 9 nitrogen and oxygen atoms in total. The van der Waals surface area contributed by atoms with Gasteiger partial charge in [0.15, 0.2) is 0 Å². The van der Waals surface area contributed by atoms with Gasteiger partial charge in [0.2, 0.25) is 5.60 Å². The predicted octanol–water partition coefficient (Wildman–Crippen LogP) is 1.92. The Morgan fingerprint density at radius 3 is 2.37 bits per heavy atom. The number of oxime groups is 1. The fraction of sp³-hybridized carbons (Fsp3) is 0.250. The molecule has 0 fully saturated rings. The Morgan fingerprint density at radius 2 is 1.71 bits per heavy atom. The van der Waals surface area contributed by atoms with Gasteiger partial charge < -0.3 is 30.3 Å². The zero-order valence-corrected chi connectivity index (χ0v) is 21.0. The first-order chi connectivity index (χ1) is 18.4. The van der Waals surface area contributed by atoms with E-state index < -0.39 is 24.6 Å². The highest BCUT2D eigenvalue weighted by atomic mass is 16.7. The van der Waals surface area contributed by atoms with Crippen LogP contribution in [0.4, 0.5) is 0 Å². The Balaban J connectivity index is 1.47. The SMILES string of the molecule is COc1cccc(C(=O)NCC2=NOC(Cc3ccccc3)(C(=O)NC(Cc3ccccc3)B(O)O)C2)c1. The Bertz CT molecular complexity index is 1270. The second-order valence-corrected chi connectivity index (χ2v) is 9.18. The topological polar surface area (TPSA) is 129 Å². The number of rotatable bonds is 11. The van der Waals surface area contributed by atoms with Gasteiger partial charge in [0.05, 0.1) is 25.3 Å². The van der Waals surface area contributed by atoms with E-state index in [1.54, 1.807) is 24.3 Å². The Kier molecular flexibility index (Phi) is 8.78. The molecule has 1 aliphatic rings. The van der Waals surface area contributed by atoms with E-state index in [0.717, 1.165) is 11.1 Å². The maximum Gasteiger partial charge on any atom is 0.475 e. The Morgan fingerprint density at radius 1 is 1.03 bits per heavy atom. The molecular formula is C28H30BN3O6. The Hall–Kier alpha value is -4.15. The van der Waals surface area contributed by atoms with E-state index in [0.29, 0.717) is 17.0 Å². The van der Waals surface area contributed by atoms with E-state index in [1.807, 2.05) is 60.7 Å². The molecule has 0 aromatic heterocycles. The van der Waals surface area contributed by atoms with E-state index in [9.17, 15) is 19.6 Å². The summed E-state index contributed by atoms with van der Waals surface area (Å²) >= 11 is 0. The van der Waals surface area contributed by atoms with Crippen LogP contribution in [0.15, 0.2) is 90.1 Å². The van der Waals surface area contributed by atoms with Crippen LogP contribution in [0.1, 0.15) is 27.9 Å². The number of nitrogens with one attached hydrogen (secondary N) is 2. The molecule has 0 aliphatic carbocycles. The number of hydrogen-bond donors (Lipinski definition) is 4. The van der Waals surface area contributed by atoms with Crippen molar-refractivity contribution in [2.24, 2.45) is 5.16 Å². The van der Waals surface area contributed by atoms with Gasteiger partial charge in [-0.15, -0.1) is 0 Å². The summed E-state index contributed by atoms with van der Waals surface area (Å²) in [5, 5.41) is 29.7. The molecule has 38 heavy (non-hydrogen) atoms. The van der Waals surface area contributed by atoms with Crippen LogP contribution in [-0.2, 0) is 22.5 Å². The summed E-state index contributed by atoms with van der Waals surface area (Å²) in [6, 6.07) is 25.4. The Labute approximate surface area is 221 Å². The van der Waals surface area contributed by atoms with Gasteiger partial charge in [-0.25, -0.2) is 0 Å². The highest BCUT2D eigenvalue weighted by Crippen LogP contribution is 2.29. The molecule has 4 N–H and O–H groups in total. The van der Waals surface area contributed by atoms with Crippen molar-refractivity contribution in [3.8, 4) is 5.75 Å². The number of ether oxygens (including phenoxy) is 1. The molecule has 2 atom stereocenters. The standard InChI is InChI=1S/C28H30BN3O6/c1-37-24-14-8-13-22(16-24)26(33)30-19-23-18-28(38-32-23,17-21-11-6-3-7-12-21)27(34)31-25(29(35)36)15-20-9-4-2-5-10-20/h2-14,16,25,35-36H,15,17-19H2,1H3,(H,30,33)(H,31,34). The average Bonchev–Trinajstić information content (AvgIpc) is 3.36. The summed E-state index contributed by atoms with van der Waals surface area (Å²) in [5.41, 5.74) is 1.19. The largest absolute Gasteiger partial charge is 0.497 e. The van der Waals surface area contributed by atoms with Gasteiger partial charge in [-0.1, -0.05) is 71.9 Å². The molecule has 0 spiro atoms. The molecule has 4 rings (SSSR count). The normalized spacial score (nSPS) is 17.1. The summed E-state index contributed by atoms with van der Waals surface area (Å²) < 4.78 is 5.18. The molecule has 0 saturated carbocycles. The molecule has 1 aliphatic heterocycles. The van der Waals surface area contributed by atoms with Crippen molar-refractivity contribution in [1.82, 2.24) is 10.6 Å². The van der Waals surface area contributed by atoms with Gasteiger partial charge in [-0.05, 0) is 35.7 Å². The van der Waals surface area contributed by atoms with Gasteiger partial charge in [0.25, 0.3) is 11.8 Å². The van der Waals surface area contributed by atoms with Gasteiger partial charge in [0, 0.05) is 18.4 Å². The molecule has 0 bridgehead atoms. The van der Waals surface area contributed by atoms with Crippen LogP contribution in [0.2, 0.25) is 0 Å². The fourth-order valence-electron chi connectivity index (χ4n) is 4.31. The third kappa shape index (κ3) is 6.79. The number of carbonyl (C=O) groups is 2. The van der Waals surface area contributed by atoms with Crippen molar-refractivity contribution in [2.75, 3.05) is 13.7 Å². The molecule has 0 radical (unpaired) electrons. The second-order valence-electron chi connectivity index (χ2n) is 9.18. The summed E-state index contributed by atoms with van der Waals surface area (Å²) in [7, 11) is -0.254. The molecule has 2 unspecified atom stereocenters. The monoisotopic (exact) mass is 515 g/mol. The van der Waals surface area contributed by atoms with Gasteiger partial charge in [0.1, 0.15) is 5.75 Å². The number of nitrogens with zero attached hydrogens (tertiary/aromatic N) is 1. The van der Waals surface area contributed by atoms with E-state index in [2.05, 4.69) is 15.8 Å². The van der Waals surface area contributed by atoms with Crippen molar-refractivity contribution in [3.63, 3.8) is 0 Å². The van der Waals surface area contributed by atoms with E-state index in [4.69, 9.17) is 9.57 Å². The minimum absolute atomic E-state index is 0.0793. The number of methoxy groups -OCH3 is 1. The van der Waals surface area contributed by atoms with Crippen molar-refractivity contribution in [1.29, 1.82) is 0 Å². The van der Waals surface area contributed by atoms with Crippen molar-refractivity contribution >= 4 is 24.6 Å². The third-order valence-electron chi connectivity index (χ3n) is 6.35. The van der Waals surface area contributed by atoms with Gasteiger partial charge in [-0.3, -0.25) is 9.59 Å². The number of amides is 2. The highest BCUT2D eigenvalue weighted by molar-refractivity contribution is 6.43. The van der Waals surface area contributed by atoms with Crippen LogP contribution >= 0.6 is 0 Å². The first-order valence-corrected chi connectivity index (χ1v) is 12.3. The van der Waals surface area contributed by atoms with Crippen LogP contribution in [0, 0.1) is 0 Å². The summed E-state index contributed by atoms with van der Waals surface area (Å²) in [6.07, 6.45) is 0.539. The lowest BCUT2D eigenvalue weighted by Crippen LogP contribution is -2.56. The predicted molar refractivity (Wildman–Crippen MR) is 144 cm³/mol. The maximum absolute atomic E-state index is 13.6. The van der Waals surface area contributed by atoms with Crippen LogP contribution < -0.4 is 15.4 Å². The molecule has 0 saturated heterocycles. The number of benzene rings is 3. The zero-order valence-electron chi connectivity index (χ0n) is 21.0. The zero-order chi connectivity index (χ0) is 27.0. The molecular weight excluding hydrogens is 485 g/mol. The number of carbonyl (C=O) groups excluding carboxylic acids is 2. The lowest BCUT2D eigenvalue weighted by molar-refractivity contribution is -0.144. The van der Waals surface area contributed by atoms with Gasteiger partial charge >= 0.3 is 7.12 Å². The van der Waals surface area contributed by atoms with E-state index in [-0.39, 0.29) is 31.7 Å². The molecule has 3 aromatic carbocycles. The molecule has 3 aromatic rings. The minimum Gasteiger partial charge on any atom is -0.497 e. The summed E-state index contributed by atoms with van der Waals surface area (Å²) in [6.45, 7) is 0.0793. The number of hydrogen-bond acceptors (Lipinski definition) is 7. The minimum atomic E-state index is -1.78. The molecule has 10 heteroatoms. The van der Waals surface area contributed by atoms with Crippen LogP contribution in [0.5, 0.6) is 5.75 Å². The van der Waals surface area contributed by atoms with E-state index >= 15 is 0 Å². The quantitative estimate of drug-likeness (QED) is 0.289. The molecule has 2 amide bonds. The van der Waals surface area contributed by atoms with Crippen LogP contribution in [0.3, 0.4) is 0 Å². The first kappa shape index (κ1) is 26.9. The van der Waals surface area contributed by atoms with Crippen molar-refractivity contribution < 1.29 is 29.2 Å². The highest BCUT2D eigenvalue weighted by Gasteiger charge is 2.48. The lowest BCUT2D eigenvalue weighted by atomic mass is 9.75.